The normalized spacial score (nSPS) is 8.93. The second-order valence-electron chi connectivity index (χ2n) is 2.99. The lowest BCUT2D eigenvalue weighted by molar-refractivity contribution is 0.0857. The number of rotatable bonds is 2. The number of aliphatic hydroxyl groups excluding tert-OH is 2. The molecule has 0 unspecified atom stereocenters. The Kier molecular flexibility index (Phi) is 15.3. The predicted octanol–water partition coefficient (Wildman–Crippen LogP) is 1.80. The van der Waals surface area contributed by atoms with Gasteiger partial charge in [0.2, 0.25) is 0 Å². The van der Waals surface area contributed by atoms with Crippen molar-refractivity contribution in [3.05, 3.63) is 0 Å². The van der Waals surface area contributed by atoms with Crippen molar-refractivity contribution in [2.24, 2.45) is 5.41 Å². The number of halogens is 2. The zero-order valence-electron chi connectivity index (χ0n) is 8.28. The molecular weight excluding hydrogens is 251 g/mol. The molecule has 4 N–H and O–H groups in total. The molecule has 92 valence electrons. The van der Waals surface area contributed by atoms with Gasteiger partial charge in [0.05, 0.1) is 13.2 Å². The van der Waals surface area contributed by atoms with Gasteiger partial charge in [0.25, 0.3) is 0 Å². The number of carboxylic acid groups (broad SMARTS) is 2. The summed E-state index contributed by atoms with van der Waals surface area (Å²) in [7, 11) is 0. The third-order valence-corrected chi connectivity index (χ3v) is 0.856. The first kappa shape index (κ1) is 19.9. The fraction of sp³-hybridized carbons (Fsp3) is 0.714. The SMILES string of the molecule is CC(C)(CO)CO.O=C(O)Cl.O=C(O)Cl. The molecule has 0 saturated carbocycles. The topological polar surface area (TPSA) is 115 Å². The Labute approximate surface area is 97.0 Å². The average molecular weight is 265 g/mol. The van der Waals surface area contributed by atoms with Gasteiger partial charge < -0.3 is 20.4 Å². The van der Waals surface area contributed by atoms with Crippen LogP contribution >= 0.6 is 23.2 Å². The highest BCUT2D eigenvalue weighted by Crippen LogP contribution is 2.10. The van der Waals surface area contributed by atoms with E-state index in [4.69, 9.17) is 30.0 Å². The molecule has 0 heterocycles. The molecule has 0 bridgehead atoms. The summed E-state index contributed by atoms with van der Waals surface area (Å²) >= 11 is 8.38. The fourth-order valence-corrected chi connectivity index (χ4v) is 0.0500. The van der Waals surface area contributed by atoms with E-state index < -0.39 is 10.9 Å². The minimum absolute atomic E-state index is 0.0451. The lowest BCUT2D eigenvalue weighted by Gasteiger charge is -2.16. The van der Waals surface area contributed by atoms with E-state index in [9.17, 15) is 0 Å². The number of carbonyl (C=O) groups is 2. The summed E-state index contributed by atoms with van der Waals surface area (Å²) in [5, 5.41) is 31.2. The first-order valence-corrected chi connectivity index (χ1v) is 4.33. The van der Waals surface area contributed by atoms with E-state index >= 15 is 0 Å². The van der Waals surface area contributed by atoms with Crippen molar-refractivity contribution in [1.29, 1.82) is 0 Å². The van der Waals surface area contributed by atoms with Gasteiger partial charge in [0.1, 0.15) is 0 Å². The van der Waals surface area contributed by atoms with E-state index in [0.717, 1.165) is 0 Å². The molecule has 0 fully saturated rings. The Bertz CT molecular complexity index is 156. The average Bonchev–Trinajstić information content (AvgIpc) is 2.02. The van der Waals surface area contributed by atoms with Crippen molar-refractivity contribution in [2.45, 2.75) is 13.8 Å². The maximum atomic E-state index is 8.77. The van der Waals surface area contributed by atoms with Crippen LogP contribution in [0, 0.1) is 5.41 Å². The fourth-order valence-electron chi connectivity index (χ4n) is 0.0500. The molecule has 0 aliphatic heterocycles. The number of hydrogen-bond donors (Lipinski definition) is 4. The molecule has 0 aromatic rings. The van der Waals surface area contributed by atoms with Crippen LogP contribution in [0.5, 0.6) is 0 Å². The summed E-state index contributed by atoms with van der Waals surface area (Å²) < 4.78 is 0. The van der Waals surface area contributed by atoms with Gasteiger partial charge in [-0.1, -0.05) is 13.8 Å². The van der Waals surface area contributed by atoms with Gasteiger partial charge in [-0.25, -0.2) is 9.59 Å². The second kappa shape index (κ2) is 11.5. The molecular formula is C7H14Cl2O6. The minimum Gasteiger partial charge on any atom is -0.469 e. The van der Waals surface area contributed by atoms with Gasteiger partial charge in [0, 0.05) is 28.6 Å². The van der Waals surface area contributed by atoms with Crippen molar-refractivity contribution < 1.29 is 30.0 Å². The van der Waals surface area contributed by atoms with Crippen molar-refractivity contribution in [1.82, 2.24) is 0 Å². The largest absolute Gasteiger partial charge is 0.469 e. The number of hydrogen-bond acceptors (Lipinski definition) is 4. The summed E-state index contributed by atoms with van der Waals surface area (Å²) in [4.78, 5) is 17.5. The van der Waals surface area contributed by atoms with Crippen LogP contribution in [-0.2, 0) is 0 Å². The van der Waals surface area contributed by atoms with Crippen molar-refractivity contribution in [3.8, 4) is 0 Å². The molecule has 15 heavy (non-hydrogen) atoms. The Morgan fingerprint density at radius 3 is 1.13 bits per heavy atom. The summed E-state index contributed by atoms with van der Waals surface area (Å²) in [6, 6.07) is 0. The molecule has 0 atom stereocenters. The highest BCUT2D eigenvalue weighted by atomic mass is 35.5. The molecule has 0 aromatic carbocycles. The van der Waals surface area contributed by atoms with E-state index in [1.807, 2.05) is 0 Å². The first-order chi connectivity index (χ1) is 6.59. The van der Waals surface area contributed by atoms with Crippen LogP contribution in [0.15, 0.2) is 0 Å². The number of aliphatic hydroxyl groups is 2. The quantitative estimate of drug-likeness (QED) is 0.566. The molecule has 0 aromatic heterocycles. The van der Waals surface area contributed by atoms with E-state index in [2.05, 4.69) is 23.2 Å². The zero-order chi connectivity index (χ0) is 13.1. The van der Waals surface area contributed by atoms with E-state index in [1.54, 1.807) is 13.8 Å². The van der Waals surface area contributed by atoms with Crippen LogP contribution in [0.4, 0.5) is 9.59 Å². The Morgan fingerprint density at radius 2 is 1.13 bits per heavy atom. The third-order valence-electron chi connectivity index (χ3n) is 0.856. The summed E-state index contributed by atoms with van der Waals surface area (Å²) in [6.45, 7) is 3.69. The van der Waals surface area contributed by atoms with Crippen molar-refractivity contribution in [3.63, 3.8) is 0 Å². The van der Waals surface area contributed by atoms with Gasteiger partial charge >= 0.3 is 10.9 Å². The molecule has 6 nitrogen and oxygen atoms in total. The minimum atomic E-state index is -1.36. The monoisotopic (exact) mass is 264 g/mol. The molecule has 0 saturated heterocycles. The first-order valence-electron chi connectivity index (χ1n) is 3.57. The highest BCUT2D eigenvalue weighted by Gasteiger charge is 2.13. The van der Waals surface area contributed by atoms with Gasteiger partial charge in [0.15, 0.2) is 0 Å². The Hall–Kier alpha value is -0.560. The van der Waals surface area contributed by atoms with Gasteiger partial charge in [-0.3, -0.25) is 0 Å². The van der Waals surface area contributed by atoms with E-state index in [-0.39, 0.29) is 18.6 Å². The molecule has 0 aliphatic carbocycles. The van der Waals surface area contributed by atoms with E-state index in [0.29, 0.717) is 0 Å². The van der Waals surface area contributed by atoms with Crippen LogP contribution in [0.2, 0.25) is 0 Å². The Balaban J connectivity index is -0.000000155. The molecule has 0 rings (SSSR count). The zero-order valence-corrected chi connectivity index (χ0v) is 9.79. The maximum Gasteiger partial charge on any atom is 0.401 e. The van der Waals surface area contributed by atoms with Gasteiger partial charge in [-0.2, -0.15) is 0 Å². The highest BCUT2D eigenvalue weighted by molar-refractivity contribution is 6.60. The van der Waals surface area contributed by atoms with Crippen LogP contribution in [0.1, 0.15) is 13.8 Å². The van der Waals surface area contributed by atoms with Crippen LogP contribution in [-0.4, -0.2) is 44.5 Å². The smallest absolute Gasteiger partial charge is 0.401 e. The second-order valence-corrected chi connectivity index (χ2v) is 3.63. The van der Waals surface area contributed by atoms with Crippen LogP contribution < -0.4 is 0 Å². The summed E-state index contributed by atoms with van der Waals surface area (Å²) in [5.41, 5.74) is -3.03. The van der Waals surface area contributed by atoms with E-state index in [1.165, 1.54) is 0 Å². The molecule has 0 amide bonds. The van der Waals surface area contributed by atoms with Crippen molar-refractivity contribution in [2.75, 3.05) is 13.2 Å². The summed E-state index contributed by atoms with van der Waals surface area (Å²) in [5.74, 6) is 0. The molecule has 0 spiro atoms. The molecule has 8 heteroatoms. The summed E-state index contributed by atoms with van der Waals surface area (Å²) in [6.07, 6.45) is 0. The standard InChI is InChI=1S/C5H12O2.2CHClO2/c1-5(2,3-6)4-7;2*2-1(3)4/h6-7H,3-4H2,1-2H3;2*(H,3,4). The lowest BCUT2D eigenvalue weighted by atomic mass is 9.97. The predicted molar refractivity (Wildman–Crippen MR) is 55.7 cm³/mol. The maximum absolute atomic E-state index is 8.77. The van der Waals surface area contributed by atoms with Gasteiger partial charge in [-0.15, -0.1) is 0 Å². The van der Waals surface area contributed by atoms with Crippen LogP contribution in [0.25, 0.3) is 0 Å². The van der Waals surface area contributed by atoms with Crippen molar-refractivity contribution >= 4 is 34.1 Å². The molecule has 0 radical (unpaired) electrons. The lowest BCUT2D eigenvalue weighted by Crippen LogP contribution is -2.20. The Morgan fingerprint density at radius 1 is 1.00 bits per heavy atom. The van der Waals surface area contributed by atoms with Crippen LogP contribution in [0.3, 0.4) is 0 Å². The third kappa shape index (κ3) is 59.4. The molecule has 0 aliphatic rings. The van der Waals surface area contributed by atoms with Gasteiger partial charge in [-0.05, 0) is 0 Å².